The Kier molecular flexibility index (Phi) is 2.39. The molecule has 0 aromatic heterocycles. The van der Waals surface area contributed by atoms with Crippen molar-refractivity contribution in [2.24, 2.45) is 11.8 Å². The Morgan fingerprint density at radius 3 is 2.92 bits per heavy atom. The van der Waals surface area contributed by atoms with E-state index in [2.05, 4.69) is 38.2 Å². The van der Waals surface area contributed by atoms with E-state index in [9.17, 15) is 0 Å². The fourth-order valence-corrected chi connectivity index (χ4v) is 2.20. The van der Waals surface area contributed by atoms with E-state index >= 15 is 0 Å². The average Bonchev–Trinajstić information content (AvgIpc) is 2.17. The molecule has 0 heteroatoms. The van der Waals surface area contributed by atoms with E-state index in [0.29, 0.717) is 0 Å². The molecule has 0 fully saturated rings. The van der Waals surface area contributed by atoms with Crippen LogP contribution < -0.4 is 0 Å². The van der Waals surface area contributed by atoms with Crippen molar-refractivity contribution in [2.75, 3.05) is 0 Å². The quantitative estimate of drug-likeness (QED) is 0.566. The first kappa shape index (κ1) is 8.80. The summed E-state index contributed by atoms with van der Waals surface area (Å²) in [5.74, 6) is 1.70. The topological polar surface area (TPSA) is 0 Å². The number of rotatable bonds is 1. The molecule has 0 aromatic rings. The molecule has 1 atom stereocenters. The van der Waals surface area contributed by atoms with Gasteiger partial charge in [0.25, 0.3) is 0 Å². The molecule has 2 aliphatic rings. The van der Waals surface area contributed by atoms with Crippen LogP contribution >= 0.6 is 0 Å². The van der Waals surface area contributed by atoms with Gasteiger partial charge in [0.15, 0.2) is 0 Å². The van der Waals surface area contributed by atoms with Crippen LogP contribution in [0.5, 0.6) is 0 Å². The summed E-state index contributed by atoms with van der Waals surface area (Å²) in [6.45, 7) is 4.67. The number of hydrogen-bond acceptors (Lipinski definition) is 0. The molecule has 0 saturated heterocycles. The van der Waals surface area contributed by atoms with Crippen LogP contribution in [0.1, 0.15) is 33.1 Å². The van der Waals surface area contributed by atoms with Crippen LogP contribution in [0, 0.1) is 11.8 Å². The molecule has 0 saturated carbocycles. The van der Waals surface area contributed by atoms with E-state index in [-0.39, 0.29) is 0 Å². The maximum absolute atomic E-state index is 2.45. The maximum atomic E-state index is 2.45. The first-order valence-electron chi connectivity index (χ1n) is 5.32. The third-order valence-electron chi connectivity index (χ3n) is 3.28. The van der Waals surface area contributed by atoms with Crippen molar-refractivity contribution in [3.8, 4) is 0 Å². The Bertz CT molecular complexity index is 276. The van der Waals surface area contributed by atoms with Gasteiger partial charge < -0.3 is 0 Å². The molecule has 0 heterocycles. The normalized spacial score (nSPS) is 26.8. The predicted molar refractivity (Wildman–Crippen MR) is 57.5 cm³/mol. The highest BCUT2D eigenvalue weighted by Crippen LogP contribution is 2.35. The lowest BCUT2D eigenvalue weighted by Gasteiger charge is -2.28. The highest BCUT2D eigenvalue weighted by Gasteiger charge is 2.20. The molecule has 0 radical (unpaired) electrons. The van der Waals surface area contributed by atoms with Gasteiger partial charge in [-0.2, -0.15) is 0 Å². The Morgan fingerprint density at radius 1 is 1.31 bits per heavy atom. The third kappa shape index (κ3) is 1.77. The van der Waals surface area contributed by atoms with Crippen LogP contribution in [0.2, 0.25) is 0 Å². The van der Waals surface area contributed by atoms with E-state index in [1.165, 1.54) is 12.8 Å². The Morgan fingerprint density at radius 2 is 2.15 bits per heavy atom. The van der Waals surface area contributed by atoms with E-state index in [0.717, 1.165) is 18.3 Å². The molecule has 13 heavy (non-hydrogen) atoms. The summed E-state index contributed by atoms with van der Waals surface area (Å²) in [5.41, 5.74) is 3.17. The summed E-state index contributed by atoms with van der Waals surface area (Å²) < 4.78 is 0. The lowest BCUT2D eigenvalue weighted by atomic mass is 9.77. The molecule has 2 aliphatic carbocycles. The molecule has 2 rings (SSSR count). The highest BCUT2D eigenvalue weighted by molar-refractivity contribution is 5.41. The first-order chi connectivity index (χ1) is 6.27. The van der Waals surface area contributed by atoms with Crippen molar-refractivity contribution in [3.63, 3.8) is 0 Å². The van der Waals surface area contributed by atoms with Crippen molar-refractivity contribution >= 4 is 0 Å². The lowest BCUT2D eigenvalue weighted by molar-refractivity contribution is 0.377. The molecule has 70 valence electrons. The SMILES string of the molecule is CC(C)C1CC=C2CC=CC=C2C1. The van der Waals surface area contributed by atoms with E-state index < -0.39 is 0 Å². The van der Waals surface area contributed by atoms with Gasteiger partial charge in [-0.1, -0.05) is 38.2 Å². The molecule has 0 spiro atoms. The third-order valence-corrected chi connectivity index (χ3v) is 3.28. The fourth-order valence-electron chi connectivity index (χ4n) is 2.20. The number of allylic oxidation sites excluding steroid dienone is 6. The second kappa shape index (κ2) is 3.53. The smallest absolute Gasteiger partial charge is 0.00948 e. The average molecular weight is 174 g/mol. The Balaban J connectivity index is 2.17. The minimum Gasteiger partial charge on any atom is -0.0804 e. The van der Waals surface area contributed by atoms with Crippen molar-refractivity contribution in [2.45, 2.75) is 33.1 Å². The van der Waals surface area contributed by atoms with Crippen LogP contribution in [0.4, 0.5) is 0 Å². The van der Waals surface area contributed by atoms with Gasteiger partial charge in [0.2, 0.25) is 0 Å². The van der Waals surface area contributed by atoms with Crippen molar-refractivity contribution in [3.05, 3.63) is 35.5 Å². The monoisotopic (exact) mass is 174 g/mol. The minimum atomic E-state index is 0.824. The summed E-state index contributed by atoms with van der Waals surface area (Å²) >= 11 is 0. The van der Waals surface area contributed by atoms with Gasteiger partial charge in [0.1, 0.15) is 0 Å². The van der Waals surface area contributed by atoms with Crippen LogP contribution in [0.3, 0.4) is 0 Å². The van der Waals surface area contributed by atoms with E-state index in [1.54, 1.807) is 11.1 Å². The zero-order chi connectivity index (χ0) is 9.26. The van der Waals surface area contributed by atoms with Gasteiger partial charge in [-0.15, -0.1) is 0 Å². The maximum Gasteiger partial charge on any atom is -0.00948 e. The van der Waals surface area contributed by atoms with Crippen LogP contribution in [-0.4, -0.2) is 0 Å². The summed E-state index contributed by atoms with van der Waals surface area (Å²) in [6.07, 6.45) is 13.0. The van der Waals surface area contributed by atoms with Gasteiger partial charge in [-0.3, -0.25) is 0 Å². The molecule has 0 amide bonds. The predicted octanol–water partition coefficient (Wildman–Crippen LogP) is 3.87. The molecule has 1 unspecified atom stereocenters. The van der Waals surface area contributed by atoms with Gasteiger partial charge in [0, 0.05) is 0 Å². The summed E-state index contributed by atoms with van der Waals surface area (Å²) in [4.78, 5) is 0. The van der Waals surface area contributed by atoms with Gasteiger partial charge in [-0.05, 0) is 42.2 Å². The largest absolute Gasteiger partial charge is 0.0804 e. The minimum absolute atomic E-state index is 0.824. The fraction of sp³-hybridized carbons (Fsp3) is 0.538. The Labute approximate surface area is 81.0 Å². The van der Waals surface area contributed by atoms with Crippen LogP contribution in [0.25, 0.3) is 0 Å². The Hall–Kier alpha value is -0.780. The number of hydrogen-bond donors (Lipinski definition) is 0. The molecule has 0 aromatic carbocycles. The molecule has 0 aliphatic heterocycles. The first-order valence-corrected chi connectivity index (χ1v) is 5.32. The van der Waals surface area contributed by atoms with Gasteiger partial charge in [0.05, 0.1) is 0 Å². The van der Waals surface area contributed by atoms with Crippen molar-refractivity contribution in [1.29, 1.82) is 0 Å². The highest BCUT2D eigenvalue weighted by atomic mass is 14.3. The number of fused-ring (bicyclic) bond motifs is 1. The second-order valence-electron chi connectivity index (χ2n) is 4.50. The zero-order valence-corrected chi connectivity index (χ0v) is 8.59. The molecule has 0 bridgehead atoms. The second-order valence-corrected chi connectivity index (χ2v) is 4.50. The molecule has 0 nitrogen and oxygen atoms in total. The van der Waals surface area contributed by atoms with Gasteiger partial charge >= 0.3 is 0 Å². The molecule has 0 N–H and O–H groups in total. The van der Waals surface area contributed by atoms with Gasteiger partial charge in [-0.25, -0.2) is 0 Å². The lowest BCUT2D eigenvalue weighted by Crippen LogP contribution is -2.14. The van der Waals surface area contributed by atoms with Crippen LogP contribution in [0.15, 0.2) is 35.5 Å². The van der Waals surface area contributed by atoms with Crippen molar-refractivity contribution < 1.29 is 0 Å². The molecular weight excluding hydrogens is 156 g/mol. The summed E-state index contributed by atoms with van der Waals surface area (Å²) in [6, 6.07) is 0. The molecular formula is C13H18. The standard InChI is InChI=1S/C13H18/c1-10(2)12-8-7-11-5-3-4-6-13(11)9-12/h3-4,6-7,10,12H,5,8-9H2,1-2H3. The van der Waals surface area contributed by atoms with Crippen molar-refractivity contribution in [1.82, 2.24) is 0 Å². The summed E-state index contributed by atoms with van der Waals surface area (Å²) in [5, 5.41) is 0. The van der Waals surface area contributed by atoms with Crippen LogP contribution in [-0.2, 0) is 0 Å². The van der Waals surface area contributed by atoms with E-state index in [1.807, 2.05) is 0 Å². The summed E-state index contributed by atoms with van der Waals surface area (Å²) in [7, 11) is 0. The van der Waals surface area contributed by atoms with E-state index in [4.69, 9.17) is 0 Å². The zero-order valence-electron chi connectivity index (χ0n) is 8.59.